The molecule has 0 bridgehead atoms. The van der Waals surface area contributed by atoms with E-state index in [-0.39, 0.29) is 17.0 Å². The van der Waals surface area contributed by atoms with Crippen LogP contribution in [-0.2, 0) is 4.74 Å². The summed E-state index contributed by atoms with van der Waals surface area (Å²) < 4.78 is 5.56. The van der Waals surface area contributed by atoms with Gasteiger partial charge in [0.2, 0.25) is 0 Å². The third-order valence-corrected chi connectivity index (χ3v) is 0.984. The zero-order valence-corrected chi connectivity index (χ0v) is 8.03. The first-order chi connectivity index (χ1) is 3.48. The summed E-state index contributed by atoms with van der Waals surface area (Å²) in [5, 5.41) is 0. The quantitative estimate of drug-likeness (QED) is 0.360. The maximum Gasteiger partial charge on any atom is 0.283 e. The van der Waals surface area contributed by atoms with Crippen LogP contribution in [-0.4, -0.2) is 32.7 Å². The molecule has 0 saturated carbocycles. The average molecular weight is 196 g/mol. The summed E-state index contributed by atoms with van der Waals surface area (Å²) in [6.07, 6.45) is 0. The van der Waals surface area contributed by atoms with Crippen molar-refractivity contribution in [1.29, 1.82) is 0 Å². The van der Waals surface area contributed by atoms with E-state index >= 15 is 0 Å². The van der Waals surface area contributed by atoms with Gasteiger partial charge >= 0.3 is 0 Å². The summed E-state index contributed by atoms with van der Waals surface area (Å²) in [6.45, 7) is 3.69. The normalized spacial score (nSPS) is 9.78. The Kier molecular flexibility index (Phi) is 5.09. The fourth-order valence-corrected chi connectivity index (χ4v) is 0.274. The van der Waals surface area contributed by atoms with E-state index in [0.29, 0.717) is 4.48 Å². The topological polar surface area (TPSA) is 9.23 Å². The molecule has 0 atom stereocenters. The van der Waals surface area contributed by atoms with E-state index in [2.05, 4.69) is 6.58 Å². The highest BCUT2D eigenvalue weighted by Crippen LogP contribution is 2.02. The second kappa shape index (κ2) is 3.90. The van der Waals surface area contributed by atoms with Gasteiger partial charge in [0.05, 0.1) is 28.3 Å². The summed E-state index contributed by atoms with van der Waals surface area (Å²) in [5.74, 6) is 0.769. The summed E-state index contributed by atoms with van der Waals surface area (Å²) in [5.41, 5.74) is 0. The number of halogens is 1. The molecule has 0 fully saturated rings. The van der Waals surface area contributed by atoms with Crippen molar-refractivity contribution in [2.24, 2.45) is 0 Å². The molecule has 0 N–H and O–H groups in total. The molecule has 0 radical (unpaired) electrons. The van der Waals surface area contributed by atoms with E-state index in [1.807, 2.05) is 21.1 Å². The minimum Gasteiger partial charge on any atom is -1.00 e. The number of rotatable bonds is 2. The van der Waals surface area contributed by atoms with Gasteiger partial charge in [0, 0.05) is 6.58 Å². The molecule has 0 aromatic heterocycles. The highest BCUT2D eigenvalue weighted by atomic mass is 79.9. The molecule has 0 unspecified atom stereocenters. The number of hydrogen-bond acceptors (Lipinski definition) is 1. The lowest BCUT2D eigenvalue weighted by Gasteiger charge is -2.22. The van der Waals surface area contributed by atoms with Crippen molar-refractivity contribution in [3.63, 3.8) is 0 Å². The predicted octanol–water partition coefficient (Wildman–Crippen LogP) is -2.19. The van der Waals surface area contributed by atoms with Crippen LogP contribution >= 0.6 is 0 Å². The van der Waals surface area contributed by atoms with Crippen molar-refractivity contribution in [2.45, 2.75) is 0 Å². The Balaban J connectivity index is 0. The second-order valence-corrected chi connectivity index (χ2v) is 2.61. The maximum atomic E-state index is 4.89. The van der Waals surface area contributed by atoms with Gasteiger partial charge in [0.1, 0.15) is 0 Å². The summed E-state index contributed by atoms with van der Waals surface area (Å²) in [7, 11) is 7.65. The molecule has 0 saturated heterocycles. The standard InChI is InChI=1S/C6H14NO.BrH/c1-6(8-5)7(2,3)4;/h1H2,2-5H3;1H/q+1;/p-1. The van der Waals surface area contributed by atoms with Gasteiger partial charge in [-0.2, -0.15) is 0 Å². The lowest BCUT2D eigenvalue weighted by Crippen LogP contribution is -3.00. The third kappa shape index (κ3) is 4.48. The van der Waals surface area contributed by atoms with Crippen LogP contribution in [0.5, 0.6) is 0 Å². The van der Waals surface area contributed by atoms with Crippen LogP contribution in [0.4, 0.5) is 0 Å². The molecule has 0 spiro atoms. The van der Waals surface area contributed by atoms with Crippen molar-refractivity contribution >= 4 is 0 Å². The Labute approximate surface area is 67.5 Å². The molecule has 9 heavy (non-hydrogen) atoms. The SMILES string of the molecule is C=C(OC)[N+](C)(C)C.[Br-]. The van der Waals surface area contributed by atoms with Crippen molar-refractivity contribution in [3.8, 4) is 0 Å². The average Bonchev–Trinajstić information content (AvgIpc) is 1.62. The third-order valence-electron chi connectivity index (χ3n) is 0.984. The number of nitrogens with zero attached hydrogens (tertiary/aromatic N) is 1. The number of methoxy groups -OCH3 is 1. The minimum absolute atomic E-state index is 0. The number of hydrogen-bond donors (Lipinski definition) is 0. The predicted molar refractivity (Wildman–Crippen MR) is 34.2 cm³/mol. The Hall–Kier alpha value is -0.0200. The van der Waals surface area contributed by atoms with Gasteiger partial charge < -0.3 is 21.7 Å². The van der Waals surface area contributed by atoms with E-state index in [9.17, 15) is 0 Å². The Morgan fingerprint density at radius 2 is 1.67 bits per heavy atom. The van der Waals surface area contributed by atoms with Gasteiger partial charge in [-0.3, -0.25) is 4.48 Å². The molecule has 0 heterocycles. The summed E-state index contributed by atoms with van der Waals surface area (Å²) in [6, 6.07) is 0. The largest absolute Gasteiger partial charge is 1.00 e. The molecule has 0 aromatic carbocycles. The van der Waals surface area contributed by atoms with E-state index < -0.39 is 0 Å². The van der Waals surface area contributed by atoms with Crippen molar-refractivity contribution < 1.29 is 26.2 Å². The van der Waals surface area contributed by atoms with Crippen LogP contribution in [0.2, 0.25) is 0 Å². The zero-order valence-electron chi connectivity index (χ0n) is 6.44. The molecule has 0 aliphatic carbocycles. The molecular weight excluding hydrogens is 182 g/mol. The molecule has 0 aliphatic rings. The Bertz CT molecular complexity index is 95.7. The molecule has 0 aromatic rings. The van der Waals surface area contributed by atoms with Crippen LogP contribution in [0.1, 0.15) is 0 Å². The Morgan fingerprint density at radius 1 is 1.33 bits per heavy atom. The zero-order chi connectivity index (χ0) is 6.78. The van der Waals surface area contributed by atoms with Crippen molar-refractivity contribution in [3.05, 3.63) is 12.5 Å². The van der Waals surface area contributed by atoms with E-state index in [1.54, 1.807) is 7.11 Å². The molecule has 0 amide bonds. The molecule has 0 rings (SSSR count). The van der Waals surface area contributed by atoms with Crippen LogP contribution < -0.4 is 17.0 Å². The summed E-state index contributed by atoms with van der Waals surface area (Å²) in [4.78, 5) is 0. The van der Waals surface area contributed by atoms with Crippen molar-refractivity contribution in [2.75, 3.05) is 28.3 Å². The molecule has 3 heteroatoms. The van der Waals surface area contributed by atoms with Crippen LogP contribution in [0.15, 0.2) is 12.5 Å². The van der Waals surface area contributed by atoms with Gasteiger partial charge in [-0.1, -0.05) is 0 Å². The lowest BCUT2D eigenvalue weighted by molar-refractivity contribution is -0.847. The maximum absolute atomic E-state index is 4.89. The fourth-order valence-electron chi connectivity index (χ4n) is 0.274. The van der Waals surface area contributed by atoms with E-state index in [4.69, 9.17) is 4.74 Å². The molecule has 56 valence electrons. The van der Waals surface area contributed by atoms with Gasteiger partial charge in [-0.15, -0.1) is 0 Å². The highest BCUT2D eigenvalue weighted by molar-refractivity contribution is 4.65. The molecular formula is C6H14BrNO. The van der Waals surface area contributed by atoms with Crippen LogP contribution in [0.25, 0.3) is 0 Å². The van der Waals surface area contributed by atoms with Crippen molar-refractivity contribution in [1.82, 2.24) is 0 Å². The van der Waals surface area contributed by atoms with Crippen LogP contribution in [0, 0.1) is 0 Å². The number of ether oxygens (including phenoxy) is 1. The highest BCUT2D eigenvalue weighted by Gasteiger charge is 2.11. The van der Waals surface area contributed by atoms with Gasteiger partial charge in [0.25, 0.3) is 5.88 Å². The first kappa shape index (κ1) is 11.7. The molecule has 0 aliphatic heterocycles. The monoisotopic (exact) mass is 195 g/mol. The fraction of sp³-hybridized carbons (Fsp3) is 0.667. The van der Waals surface area contributed by atoms with Crippen LogP contribution in [0.3, 0.4) is 0 Å². The number of quaternary nitrogens is 1. The second-order valence-electron chi connectivity index (χ2n) is 2.61. The van der Waals surface area contributed by atoms with Gasteiger partial charge in [0.15, 0.2) is 0 Å². The van der Waals surface area contributed by atoms with Gasteiger partial charge in [-0.05, 0) is 0 Å². The first-order valence-corrected chi connectivity index (χ1v) is 2.53. The van der Waals surface area contributed by atoms with E-state index in [0.717, 1.165) is 5.88 Å². The van der Waals surface area contributed by atoms with Gasteiger partial charge in [-0.25, -0.2) is 0 Å². The van der Waals surface area contributed by atoms with E-state index in [1.165, 1.54) is 0 Å². The minimum atomic E-state index is 0. The summed E-state index contributed by atoms with van der Waals surface area (Å²) >= 11 is 0. The Morgan fingerprint density at radius 3 is 1.67 bits per heavy atom. The smallest absolute Gasteiger partial charge is 0.283 e. The first-order valence-electron chi connectivity index (χ1n) is 2.53. The lowest BCUT2D eigenvalue weighted by atomic mass is 10.6. The molecule has 2 nitrogen and oxygen atoms in total.